The molecule has 0 saturated carbocycles. The summed E-state index contributed by atoms with van der Waals surface area (Å²) in [4.78, 5) is 22.4. The van der Waals surface area contributed by atoms with Gasteiger partial charge in [0.1, 0.15) is 6.04 Å². The fraction of sp³-hybridized carbons (Fsp3) is 0.167. The molecule has 9 heteroatoms. The molecule has 1 heterocycles. The van der Waals surface area contributed by atoms with E-state index < -0.39 is 23.6 Å². The zero-order valence-electron chi connectivity index (χ0n) is 17.6. The van der Waals surface area contributed by atoms with Gasteiger partial charge in [0.05, 0.1) is 5.69 Å². The number of carboxylic acid groups (broad SMARTS) is 2. The average molecular weight is 558 g/mol. The summed E-state index contributed by atoms with van der Waals surface area (Å²) in [5.74, 6) is -1.82. The van der Waals surface area contributed by atoms with Gasteiger partial charge in [-0.25, -0.2) is 13.3 Å². The molecule has 0 unspecified atom stereocenters. The summed E-state index contributed by atoms with van der Waals surface area (Å²) in [6, 6.07) is 27.7. The third-order valence-electron chi connectivity index (χ3n) is 5.00. The lowest BCUT2D eigenvalue weighted by Crippen LogP contribution is -2.58. The summed E-state index contributed by atoms with van der Waals surface area (Å²) in [6.45, 7) is 0. The van der Waals surface area contributed by atoms with E-state index in [1.165, 1.54) is 5.01 Å². The van der Waals surface area contributed by atoms with Crippen molar-refractivity contribution >= 4 is 40.5 Å². The van der Waals surface area contributed by atoms with Gasteiger partial charge in [0.2, 0.25) is 0 Å². The van der Waals surface area contributed by atoms with Crippen molar-refractivity contribution in [3.8, 4) is 0 Å². The second-order valence-corrected chi connectivity index (χ2v) is 7.93. The van der Waals surface area contributed by atoms with Gasteiger partial charge in [-0.1, -0.05) is 84.1 Å². The van der Waals surface area contributed by atoms with Gasteiger partial charge >= 0.3 is 11.9 Å². The predicted octanol–water partition coefficient (Wildman–Crippen LogP) is 4.52. The number of nitrogens with one attached hydrogen (secondary N) is 1. The minimum atomic E-state index is -1.34. The largest absolute Gasteiger partial charge is 0.480 e. The lowest BCUT2D eigenvalue weighted by Gasteiger charge is -2.39. The van der Waals surface area contributed by atoms with Crippen LogP contribution >= 0.6 is 22.9 Å². The molecule has 8 nitrogen and oxygen atoms in total. The monoisotopic (exact) mass is 558 g/mol. The van der Waals surface area contributed by atoms with E-state index >= 15 is 0 Å². The second kappa shape index (κ2) is 11.5. The first kappa shape index (κ1) is 24.3. The van der Waals surface area contributed by atoms with Gasteiger partial charge in [0.15, 0.2) is 0 Å². The number of hydrogen-bond donors (Lipinski definition) is 3. The first-order chi connectivity index (χ1) is 16.0. The lowest BCUT2D eigenvalue weighted by molar-refractivity contribution is -0.145. The summed E-state index contributed by atoms with van der Waals surface area (Å²) in [7, 11) is 0. The Morgan fingerprint density at radius 3 is 1.82 bits per heavy atom. The van der Waals surface area contributed by atoms with Crippen molar-refractivity contribution in [3.05, 3.63) is 102 Å². The number of aliphatic carboxylic acids is 2. The molecule has 3 N–H and O–H groups in total. The van der Waals surface area contributed by atoms with E-state index in [4.69, 9.17) is 5.11 Å². The van der Waals surface area contributed by atoms with Gasteiger partial charge < -0.3 is 10.2 Å². The summed E-state index contributed by atoms with van der Waals surface area (Å²) in [6.07, 6.45) is 0.792. The Morgan fingerprint density at radius 2 is 1.39 bits per heavy atom. The van der Waals surface area contributed by atoms with E-state index in [0.717, 1.165) is 16.8 Å². The summed E-state index contributed by atoms with van der Waals surface area (Å²) < 4.78 is 2.72. The van der Waals surface area contributed by atoms with Crippen LogP contribution in [0.2, 0.25) is 0 Å². The maximum absolute atomic E-state index is 11.7. The van der Waals surface area contributed by atoms with Crippen LogP contribution in [0, 0.1) is 0 Å². The van der Waals surface area contributed by atoms with Crippen molar-refractivity contribution in [2.45, 2.75) is 24.5 Å². The van der Waals surface area contributed by atoms with Crippen LogP contribution in [0.5, 0.6) is 0 Å². The fourth-order valence-electron chi connectivity index (χ4n) is 3.25. The summed E-state index contributed by atoms with van der Waals surface area (Å²) in [5, 5.41) is 27.6. The van der Waals surface area contributed by atoms with Crippen LogP contribution in [0.15, 0.2) is 101 Å². The van der Waals surface area contributed by atoms with Crippen LogP contribution in [0.1, 0.15) is 11.1 Å². The van der Waals surface area contributed by atoms with E-state index in [2.05, 4.69) is 13.9 Å². The maximum atomic E-state index is 11.7. The van der Waals surface area contributed by atoms with Crippen LogP contribution in [-0.4, -0.2) is 33.9 Å². The van der Waals surface area contributed by atoms with Crippen LogP contribution in [0.3, 0.4) is 0 Å². The molecule has 1 aliphatic rings. The normalized spacial score (nSPS) is 17.3. The van der Waals surface area contributed by atoms with Crippen LogP contribution < -0.4 is 8.54 Å². The number of nitrogens with zero attached hydrogens (tertiary/aromatic N) is 3. The van der Waals surface area contributed by atoms with E-state index in [1.807, 2.05) is 114 Å². The molecule has 3 aromatic carbocycles. The molecule has 0 saturated heterocycles. The lowest BCUT2D eigenvalue weighted by atomic mass is 9.98. The van der Waals surface area contributed by atoms with E-state index in [0.29, 0.717) is 6.42 Å². The third kappa shape index (κ3) is 6.14. The summed E-state index contributed by atoms with van der Waals surface area (Å²) in [5.41, 5.74) is 1.32. The van der Waals surface area contributed by atoms with Gasteiger partial charge in [-0.3, -0.25) is 4.79 Å². The number of rotatable bonds is 8. The minimum Gasteiger partial charge on any atom is -0.480 e. The highest BCUT2D eigenvalue weighted by Crippen LogP contribution is 2.36. The number of para-hydroxylation sites is 1. The third-order valence-corrected chi connectivity index (χ3v) is 5.75. The molecule has 170 valence electrons. The van der Waals surface area contributed by atoms with E-state index in [-0.39, 0.29) is 6.42 Å². The Morgan fingerprint density at radius 1 is 0.879 bits per heavy atom. The first-order valence-electron chi connectivity index (χ1n) is 10.1. The average Bonchev–Trinajstić information content (AvgIpc) is 2.82. The molecule has 0 bridgehead atoms. The zero-order valence-corrected chi connectivity index (χ0v) is 19.7. The van der Waals surface area contributed by atoms with Gasteiger partial charge in [-0.2, -0.15) is 0 Å². The molecule has 0 radical (unpaired) electrons. The van der Waals surface area contributed by atoms with Gasteiger partial charge in [0, 0.05) is 29.3 Å². The predicted molar refractivity (Wildman–Crippen MR) is 133 cm³/mol. The molecule has 0 amide bonds. The zero-order chi connectivity index (χ0) is 23.7. The van der Waals surface area contributed by atoms with Crippen molar-refractivity contribution in [3.63, 3.8) is 0 Å². The molecule has 3 aromatic rings. The summed E-state index contributed by atoms with van der Waals surface area (Å²) >= 11 is 1.86. The van der Waals surface area contributed by atoms with Crippen LogP contribution in [0.25, 0.3) is 0 Å². The van der Waals surface area contributed by atoms with Crippen LogP contribution in [0.4, 0.5) is 5.69 Å². The number of hydrogen-bond acceptors (Lipinski definition) is 6. The Balaban J connectivity index is 0.000000205. The van der Waals surface area contributed by atoms with E-state index in [1.54, 1.807) is 0 Å². The molecule has 0 fully saturated rings. The smallest absolute Gasteiger partial charge is 0.356 e. The Kier molecular flexibility index (Phi) is 8.50. The number of benzene rings is 3. The molecule has 0 spiro atoms. The van der Waals surface area contributed by atoms with Gasteiger partial charge in [-0.05, 0) is 29.7 Å². The topological polar surface area (TPSA) is 115 Å². The molecular weight excluding hydrogens is 535 g/mol. The second-order valence-electron chi connectivity index (χ2n) is 7.31. The molecule has 1 aliphatic heterocycles. The Labute approximate surface area is 205 Å². The number of carbonyl (C=O) groups is 2. The SMILES string of the molecule is O=C(O)[C@@]1(Cc2ccccc2)N=NN1c1ccccc1.O=C(O)[C@H](Cc1ccccc1)NI. The van der Waals surface area contributed by atoms with Crippen molar-refractivity contribution < 1.29 is 19.8 Å². The molecular formula is C24H23IN4O4. The molecule has 0 aromatic heterocycles. The minimum absolute atomic E-state index is 0.279. The highest BCUT2D eigenvalue weighted by Gasteiger charge is 2.52. The maximum Gasteiger partial charge on any atom is 0.356 e. The van der Waals surface area contributed by atoms with Gasteiger partial charge in [0.25, 0.3) is 5.66 Å². The first-order valence-corrected chi connectivity index (χ1v) is 11.2. The van der Waals surface area contributed by atoms with Crippen molar-refractivity contribution in [1.29, 1.82) is 0 Å². The van der Waals surface area contributed by atoms with Gasteiger partial charge in [-0.15, -0.1) is 5.11 Å². The standard InChI is InChI=1S/C15H13N3O2.C9H10INO2/c19-14(20)15(11-12-7-3-1-4-8-12)16-17-18(15)13-9-5-2-6-10-13;10-11-8(9(12)13)6-7-4-2-1-3-5-7/h1-10H,11H2,(H,19,20);1-5,8,11H,6H2,(H,12,13)/t15-;8-/m00/s1. The van der Waals surface area contributed by atoms with Crippen molar-refractivity contribution in [2.75, 3.05) is 5.01 Å². The van der Waals surface area contributed by atoms with E-state index in [9.17, 15) is 14.7 Å². The van der Waals surface area contributed by atoms with Crippen molar-refractivity contribution in [2.24, 2.45) is 10.3 Å². The number of carboxylic acids is 2. The molecule has 33 heavy (non-hydrogen) atoms. The molecule has 4 rings (SSSR count). The Hall–Kier alpha value is -3.31. The highest BCUT2D eigenvalue weighted by molar-refractivity contribution is 14.1. The number of anilines is 1. The molecule has 2 atom stereocenters. The number of halogens is 1. The van der Waals surface area contributed by atoms with Crippen molar-refractivity contribution in [1.82, 2.24) is 3.53 Å². The Bertz CT molecular complexity index is 1080. The molecule has 0 aliphatic carbocycles. The highest BCUT2D eigenvalue weighted by atomic mass is 127. The van der Waals surface area contributed by atoms with Crippen LogP contribution in [-0.2, 0) is 22.4 Å². The quantitative estimate of drug-likeness (QED) is 0.277. The fourth-order valence-corrected chi connectivity index (χ4v) is 3.74.